The van der Waals surface area contributed by atoms with Crippen LogP contribution in [-0.2, 0) is 4.74 Å². The highest BCUT2D eigenvalue weighted by Gasteiger charge is 2.22. The Kier molecular flexibility index (Phi) is 4.75. The summed E-state index contributed by atoms with van der Waals surface area (Å²) in [6, 6.07) is 15.4. The van der Waals surface area contributed by atoms with Crippen molar-refractivity contribution in [3.8, 4) is 11.1 Å². The van der Waals surface area contributed by atoms with E-state index in [1.54, 1.807) is 18.3 Å². The number of benzene rings is 2. The highest BCUT2D eigenvalue weighted by Crippen LogP contribution is 2.30. The number of nitrogens with zero attached hydrogens (tertiary/aromatic N) is 1. The molecule has 0 atom stereocenters. The van der Waals surface area contributed by atoms with Crippen molar-refractivity contribution in [2.45, 2.75) is 6.92 Å². The number of H-pyrrole nitrogens is 1. The van der Waals surface area contributed by atoms with Crippen molar-refractivity contribution >= 4 is 17.9 Å². The number of aromatic nitrogens is 1. The van der Waals surface area contributed by atoms with Crippen molar-refractivity contribution in [2.24, 2.45) is 4.99 Å². The lowest BCUT2D eigenvalue weighted by atomic mass is 10.0. The van der Waals surface area contributed by atoms with Gasteiger partial charge in [-0.05, 0) is 36.8 Å². The zero-order valence-electron chi connectivity index (χ0n) is 13.9. The molecule has 4 nitrogen and oxygen atoms in total. The number of carbonyl (C=O) groups excluding carboxylic acids is 1. The molecule has 0 saturated heterocycles. The van der Waals surface area contributed by atoms with Gasteiger partial charge >= 0.3 is 5.97 Å². The molecule has 0 amide bonds. The summed E-state index contributed by atoms with van der Waals surface area (Å²) in [4.78, 5) is 19.8. The molecule has 0 bridgehead atoms. The molecular formula is C20H17FN2O2. The number of aliphatic imine (C=N–C) groups is 1. The highest BCUT2D eigenvalue weighted by molar-refractivity contribution is 6.04. The van der Waals surface area contributed by atoms with Gasteiger partial charge in [0.25, 0.3) is 0 Å². The molecule has 0 spiro atoms. The second-order valence-electron chi connectivity index (χ2n) is 5.51. The van der Waals surface area contributed by atoms with E-state index >= 15 is 0 Å². The van der Waals surface area contributed by atoms with E-state index in [2.05, 4.69) is 9.98 Å². The predicted octanol–water partition coefficient (Wildman–Crippen LogP) is 4.67. The third-order valence-electron chi connectivity index (χ3n) is 3.84. The number of ether oxygens (including phenoxy) is 1. The summed E-state index contributed by atoms with van der Waals surface area (Å²) in [6.07, 6.45) is 1.63. The van der Waals surface area contributed by atoms with Crippen molar-refractivity contribution in [1.29, 1.82) is 0 Å². The summed E-state index contributed by atoms with van der Waals surface area (Å²) in [6.45, 7) is 1.81. The van der Waals surface area contributed by atoms with Crippen molar-refractivity contribution in [1.82, 2.24) is 4.98 Å². The summed E-state index contributed by atoms with van der Waals surface area (Å²) in [5, 5.41) is 0. The van der Waals surface area contributed by atoms with Crippen LogP contribution in [0, 0.1) is 12.7 Å². The lowest BCUT2D eigenvalue weighted by molar-refractivity contribution is 0.0601. The second kappa shape index (κ2) is 7.13. The van der Waals surface area contributed by atoms with Crippen molar-refractivity contribution in [3.63, 3.8) is 0 Å². The quantitative estimate of drug-likeness (QED) is 0.556. The number of aryl methyl sites for hydroxylation is 1. The third-order valence-corrected chi connectivity index (χ3v) is 3.84. The van der Waals surface area contributed by atoms with E-state index in [1.165, 1.54) is 19.2 Å². The van der Waals surface area contributed by atoms with Crippen LogP contribution in [0.3, 0.4) is 0 Å². The zero-order valence-corrected chi connectivity index (χ0v) is 13.9. The number of halogens is 1. The van der Waals surface area contributed by atoms with E-state index in [9.17, 15) is 9.18 Å². The number of rotatable bonds is 4. The second-order valence-corrected chi connectivity index (χ2v) is 5.51. The number of nitrogens with one attached hydrogen (secondary N) is 1. The van der Waals surface area contributed by atoms with Gasteiger partial charge in [-0.15, -0.1) is 0 Å². The first-order valence-electron chi connectivity index (χ1n) is 7.76. The molecule has 1 aromatic heterocycles. The molecule has 0 aliphatic rings. The van der Waals surface area contributed by atoms with Crippen LogP contribution >= 0.6 is 0 Å². The molecule has 1 heterocycles. The number of esters is 1. The topological polar surface area (TPSA) is 54.5 Å². The Hall–Kier alpha value is -3.21. The van der Waals surface area contributed by atoms with Crippen LogP contribution in [0.15, 0.2) is 59.6 Å². The van der Waals surface area contributed by atoms with Gasteiger partial charge in [0, 0.05) is 11.3 Å². The Labute approximate surface area is 145 Å². The van der Waals surface area contributed by atoms with Crippen molar-refractivity contribution < 1.29 is 13.9 Å². The van der Waals surface area contributed by atoms with E-state index in [0.29, 0.717) is 22.6 Å². The minimum absolute atomic E-state index is 0.312. The molecular weight excluding hydrogens is 319 g/mol. The molecule has 0 aliphatic carbocycles. The van der Waals surface area contributed by atoms with Gasteiger partial charge in [-0.25, -0.2) is 9.18 Å². The number of methoxy groups -OCH3 is 1. The summed E-state index contributed by atoms with van der Waals surface area (Å²) in [5.74, 6) is -0.721. The number of hydrogen-bond acceptors (Lipinski definition) is 3. The van der Waals surface area contributed by atoms with Crippen molar-refractivity contribution in [3.05, 3.63) is 77.4 Å². The Balaban J connectivity index is 2.10. The van der Waals surface area contributed by atoms with Gasteiger partial charge in [0.1, 0.15) is 5.82 Å². The van der Waals surface area contributed by atoms with Gasteiger partial charge in [0.2, 0.25) is 0 Å². The molecule has 2 aromatic carbocycles. The minimum Gasteiger partial charge on any atom is -0.465 e. The van der Waals surface area contributed by atoms with E-state index in [0.717, 1.165) is 11.1 Å². The lowest BCUT2D eigenvalue weighted by Gasteiger charge is -2.05. The minimum atomic E-state index is -0.408. The molecule has 126 valence electrons. The first-order valence-corrected chi connectivity index (χ1v) is 7.76. The van der Waals surface area contributed by atoms with Crippen LogP contribution in [-0.4, -0.2) is 24.3 Å². The molecule has 25 heavy (non-hydrogen) atoms. The fraction of sp³-hybridized carbons (Fsp3) is 0.100. The zero-order chi connectivity index (χ0) is 17.8. The average molecular weight is 336 g/mol. The summed E-state index contributed by atoms with van der Waals surface area (Å²) >= 11 is 0. The smallest absolute Gasteiger partial charge is 0.340 e. The average Bonchev–Trinajstić information content (AvgIpc) is 2.97. The molecule has 0 aliphatic heterocycles. The third kappa shape index (κ3) is 3.50. The maximum Gasteiger partial charge on any atom is 0.340 e. The van der Waals surface area contributed by atoms with Crippen LogP contribution in [0.2, 0.25) is 0 Å². The molecule has 0 unspecified atom stereocenters. The molecule has 1 N–H and O–H groups in total. The van der Waals surface area contributed by atoms with Gasteiger partial charge in [0.05, 0.1) is 30.3 Å². The van der Waals surface area contributed by atoms with E-state index < -0.39 is 5.97 Å². The largest absolute Gasteiger partial charge is 0.465 e. The Morgan fingerprint density at radius 3 is 2.44 bits per heavy atom. The van der Waals surface area contributed by atoms with Crippen LogP contribution in [0.25, 0.3) is 11.1 Å². The standard InChI is InChI=1S/C20H17FN2O2/c1-13-18(20(24)25-2)19(14-6-4-3-5-7-14)17(23-13)12-22-16-10-8-15(21)9-11-16/h3-12,23H,1-2H3. The molecule has 0 fully saturated rings. The first-order chi connectivity index (χ1) is 12.1. The van der Waals surface area contributed by atoms with E-state index in [1.807, 2.05) is 37.3 Å². The summed E-state index contributed by atoms with van der Waals surface area (Å²) in [5.41, 5.74) is 4.10. The van der Waals surface area contributed by atoms with Gasteiger partial charge < -0.3 is 9.72 Å². The maximum absolute atomic E-state index is 13.0. The fourth-order valence-corrected chi connectivity index (χ4v) is 2.67. The fourth-order valence-electron chi connectivity index (χ4n) is 2.67. The van der Waals surface area contributed by atoms with E-state index in [4.69, 9.17) is 4.74 Å². The van der Waals surface area contributed by atoms with Crippen LogP contribution in [0.5, 0.6) is 0 Å². The predicted molar refractivity (Wildman–Crippen MR) is 96.0 cm³/mol. The lowest BCUT2D eigenvalue weighted by Crippen LogP contribution is -2.03. The van der Waals surface area contributed by atoms with Crippen molar-refractivity contribution in [2.75, 3.05) is 7.11 Å². The first kappa shape index (κ1) is 16.6. The Morgan fingerprint density at radius 1 is 1.12 bits per heavy atom. The van der Waals surface area contributed by atoms with Gasteiger partial charge in [-0.2, -0.15) is 0 Å². The Bertz CT molecular complexity index is 913. The van der Waals surface area contributed by atoms with Gasteiger partial charge in [-0.1, -0.05) is 30.3 Å². The number of aromatic amines is 1. The monoisotopic (exact) mass is 336 g/mol. The SMILES string of the molecule is COC(=O)c1c(C)[nH]c(C=Nc2ccc(F)cc2)c1-c1ccccc1. The summed E-state index contributed by atoms with van der Waals surface area (Å²) in [7, 11) is 1.36. The summed E-state index contributed by atoms with van der Waals surface area (Å²) < 4.78 is 17.9. The maximum atomic E-state index is 13.0. The van der Waals surface area contributed by atoms with Crippen LogP contribution in [0.1, 0.15) is 21.7 Å². The van der Waals surface area contributed by atoms with Crippen LogP contribution in [0.4, 0.5) is 10.1 Å². The molecule has 3 aromatic rings. The Morgan fingerprint density at radius 2 is 1.80 bits per heavy atom. The molecule has 0 saturated carbocycles. The van der Waals surface area contributed by atoms with Gasteiger partial charge in [0.15, 0.2) is 0 Å². The normalized spacial score (nSPS) is 11.0. The molecule has 5 heteroatoms. The van der Waals surface area contributed by atoms with E-state index in [-0.39, 0.29) is 5.82 Å². The number of carbonyl (C=O) groups is 1. The highest BCUT2D eigenvalue weighted by atomic mass is 19.1. The van der Waals surface area contributed by atoms with Crippen LogP contribution < -0.4 is 0 Å². The molecule has 0 radical (unpaired) electrons. The molecule has 3 rings (SSSR count). The van der Waals surface area contributed by atoms with Gasteiger partial charge in [-0.3, -0.25) is 4.99 Å². The number of hydrogen-bond donors (Lipinski definition) is 1.